The number of hydrogen-bond acceptors (Lipinski definition) is 16. The number of nitrogens with zero attached hydrogens (tertiary/aromatic N) is 2. The molecule has 2 aliphatic heterocycles. The molecule has 0 aromatic carbocycles. The molecule has 1 aromatic rings. The zero-order valence-corrected chi connectivity index (χ0v) is 43.5. The molecule has 0 bridgehead atoms. The lowest BCUT2D eigenvalue weighted by molar-refractivity contribution is -0.161. The predicted molar refractivity (Wildman–Crippen MR) is 270 cm³/mol. The monoisotopic (exact) mass is 1040 g/mol. The molecule has 0 saturated carbocycles. The van der Waals surface area contributed by atoms with Crippen LogP contribution in [0.2, 0.25) is 0 Å². The summed E-state index contributed by atoms with van der Waals surface area (Å²) in [6.45, 7) is 2.02. The summed E-state index contributed by atoms with van der Waals surface area (Å²) in [6, 6.07) is 1.24. The van der Waals surface area contributed by atoms with Crippen LogP contribution in [0, 0.1) is 0 Å². The molecule has 1 aromatic heterocycles. The lowest BCUT2D eigenvalue weighted by atomic mass is 10.1. The highest BCUT2D eigenvalue weighted by Crippen LogP contribution is 2.60. The molecule has 71 heavy (non-hydrogen) atoms. The molecule has 0 radical (unpaired) electrons. The van der Waals surface area contributed by atoms with Gasteiger partial charge in [-0.2, -0.15) is 9.29 Å². The number of carbonyl (C=O) groups excluding carboxylic acids is 2. The van der Waals surface area contributed by atoms with Gasteiger partial charge in [-0.05, 0) is 83.1 Å². The molecule has 2 saturated heterocycles. The molecule has 3 rings (SSSR count). The van der Waals surface area contributed by atoms with Gasteiger partial charge < -0.3 is 44.7 Å². The highest BCUT2D eigenvalue weighted by atomic mass is 31.3. The topological polar surface area (TPSA) is 278 Å². The summed E-state index contributed by atoms with van der Waals surface area (Å²) >= 11 is 0. The van der Waals surface area contributed by atoms with Crippen molar-refractivity contribution in [3.8, 4) is 0 Å². The minimum absolute atomic E-state index is 0.0351. The highest BCUT2D eigenvalue weighted by Gasteiger charge is 2.46. The van der Waals surface area contributed by atoms with Crippen molar-refractivity contribution in [1.82, 2.24) is 9.55 Å². The van der Waals surface area contributed by atoms with Gasteiger partial charge in [0.05, 0.1) is 25.4 Å². The number of anilines is 1. The molecule has 0 spiro atoms. The summed E-state index contributed by atoms with van der Waals surface area (Å²) < 4.78 is 62.4. The van der Waals surface area contributed by atoms with Crippen LogP contribution in [-0.4, -0.2) is 97.9 Å². The summed E-state index contributed by atoms with van der Waals surface area (Å²) in [7, 11) is -10.9. The Hall–Kier alpha value is -3.58. The Balaban J connectivity index is 1.42. The van der Waals surface area contributed by atoms with Gasteiger partial charge in [-0.3, -0.25) is 23.2 Å². The van der Waals surface area contributed by atoms with E-state index in [9.17, 15) is 43.5 Å². The van der Waals surface area contributed by atoms with Crippen molar-refractivity contribution >= 4 is 33.4 Å². The van der Waals surface area contributed by atoms with E-state index < -0.39 is 83.7 Å². The number of hydrogen-bond donors (Lipinski definition) is 5. The standard InChI is InChI=1S/C50H81N3O16P2/c1-3-5-7-8-9-10-11-12-13-14-15-19-22-25-29-33-45(54)63-37-40(66-46(55)34-30-26-23-20-17-16-18-21-24-28-32-42-41(67-42)31-27-6-4-2)38-64-70(59,60)69-71(61,62)65-39-43-47(56)48(57)49(68-43)53-36-35-44(51)52-50(53)58/h9-10,12-13,16,18,20,23-24,28,35-36,40-43,47-49,56-57H,3-8,11,14-15,17,19,21-22,25-27,29-34,37-39H2,1-2H3,(H,59,60)(H,61,62)(H2,51,52,58)/b10-9-,13-12-,18-16-,23-20-,28-24-/t40-,41?,42?,43-,47-,48-,49-/m1/s1. The van der Waals surface area contributed by atoms with Crippen molar-refractivity contribution < 1.29 is 71.0 Å². The Morgan fingerprint density at radius 2 is 1.28 bits per heavy atom. The van der Waals surface area contributed by atoms with E-state index in [-0.39, 0.29) is 18.7 Å². The molecule has 3 heterocycles. The molecular formula is C50H81N3O16P2. The molecule has 0 aliphatic carbocycles. The van der Waals surface area contributed by atoms with E-state index in [1.807, 2.05) is 12.2 Å². The molecule has 9 atom stereocenters. The number of allylic oxidation sites excluding steroid dienone is 9. The fraction of sp³-hybridized carbons (Fsp3) is 0.680. The number of phosphoric ester groups is 2. The largest absolute Gasteiger partial charge is 0.481 e. The van der Waals surface area contributed by atoms with Gasteiger partial charge in [0.25, 0.3) is 0 Å². The molecule has 19 nitrogen and oxygen atoms in total. The van der Waals surface area contributed by atoms with Gasteiger partial charge in [-0.1, -0.05) is 126 Å². The number of nitrogen functional groups attached to an aromatic ring is 1. The van der Waals surface area contributed by atoms with E-state index in [1.54, 1.807) is 0 Å². The average Bonchev–Trinajstić information content (AvgIpc) is 4.02. The first-order valence-electron chi connectivity index (χ1n) is 25.4. The first-order chi connectivity index (χ1) is 34.1. The Kier molecular flexibility index (Phi) is 30.9. The zero-order chi connectivity index (χ0) is 51.7. The average molecular weight is 1040 g/mol. The van der Waals surface area contributed by atoms with Crippen LogP contribution >= 0.6 is 15.6 Å². The molecule has 2 fully saturated rings. The number of aromatic nitrogens is 2. The molecule has 6 N–H and O–H groups in total. The second kappa shape index (κ2) is 35.6. The number of rotatable bonds is 40. The Morgan fingerprint density at radius 1 is 0.704 bits per heavy atom. The third-order valence-corrected chi connectivity index (χ3v) is 14.1. The van der Waals surface area contributed by atoms with Crippen molar-refractivity contribution in [3.63, 3.8) is 0 Å². The van der Waals surface area contributed by atoms with Crippen LogP contribution in [0.1, 0.15) is 161 Å². The molecule has 4 unspecified atom stereocenters. The van der Waals surface area contributed by atoms with Crippen molar-refractivity contribution in [1.29, 1.82) is 0 Å². The van der Waals surface area contributed by atoms with E-state index in [2.05, 4.69) is 71.8 Å². The number of nitrogens with two attached hydrogens (primary N) is 1. The quantitative estimate of drug-likeness (QED) is 0.0135. The Labute approximate surface area is 419 Å². The zero-order valence-electron chi connectivity index (χ0n) is 41.7. The second-order valence-electron chi connectivity index (χ2n) is 17.7. The van der Waals surface area contributed by atoms with Gasteiger partial charge in [-0.25, -0.2) is 13.9 Å². The minimum atomic E-state index is -5.44. The van der Waals surface area contributed by atoms with E-state index in [0.29, 0.717) is 31.5 Å². The van der Waals surface area contributed by atoms with Crippen molar-refractivity contribution in [3.05, 3.63) is 83.5 Å². The van der Waals surface area contributed by atoms with Gasteiger partial charge >= 0.3 is 33.3 Å². The third kappa shape index (κ3) is 27.9. The molecule has 0 amide bonds. The number of esters is 2. The molecule has 2 aliphatic rings. The predicted octanol–water partition coefficient (Wildman–Crippen LogP) is 9.32. The minimum Gasteiger partial charge on any atom is -0.462 e. The first-order valence-corrected chi connectivity index (χ1v) is 28.4. The van der Waals surface area contributed by atoms with Crippen molar-refractivity contribution in [2.75, 3.05) is 25.6 Å². The number of aliphatic hydroxyl groups excluding tert-OH is 2. The summed E-state index contributed by atoms with van der Waals surface area (Å²) in [4.78, 5) is 61.9. The van der Waals surface area contributed by atoms with E-state index >= 15 is 0 Å². The van der Waals surface area contributed by atoms with Gasteiger partial charge in [0.1, 0.15) is 30.7 Å². The van der Waals surface area contributed by atoms with Gasteiger partial charge in [0.15, 0.2) is 12.3 Å². The van der Waals surface area contributed by atoms with E-state index in [4.69, 9.17) is 33.7 Å². The summed E-state index contributed by atoms with van der Waals surface area (Å²) in [5, 5.41) is 20.9. The molecule has 402 valence electrons. The van der Waals surface area contributed by atoms with Crippen LogP contribution in [0.25, 0.3) is 0 Å². The normalized spacial score (nSPS) is 22.5. The summed E-state index contributed by atoms with van der Waals surface area (Å²) in [5.74, 6) is -1.39. The molecule has 21 heteroatoms. The van der Waals surface area contributed by atoms with Gasteiger partial charge in [0, 0.05) is 19.0 Å². The number of unbranched alkanes of at least 4 members (excludes halogenated alkanes) is 11. The lowest BCUT2D eigenvalue weighted by Gasteiger charge is -2.21. The number of ether oxygens (including phenoxy) is 4. The van der Waals surface area contributed by atoms with E-state index in [0.717, 1.165) is 81.4 Å². The fourth-order valence-corrected chi connectivity index (χ4v) is 9.54. The number of epoxide rings is 1. The van der Waals surface area contributed by atoms with Crippen LogP contribution < -0.4 is 11.4 Å². The number of carbonyl (C=O) groups is 2. The maximum atomic E-state index is 12.9. The first kappa shape index (κ1) is 61.7. The molecular weight excluding hydrogens is 961 g/mol. The van der Waals surface area contributed by atoms with Crippen LogP contribution in [0.4, 0.5) is 5.82 Å². The summed E-state index contributed by atoms with van der Waals surface area (Å²) in [6.07, 6.45) is 34.8. The number of phosphoric acid groups is 2. The van der Waals surface area contributed by atoms with Crippen LogP contribution in [0.5, 0.6) is 0 Å². The van der Waals surface area contributed by atoms with Gasteiger partial charge in [-0.15, -0.1) is 0 Å². The van der Waals surface area contributed by atoms with Gasteiger partial charge in [0.2, 0.25) is 0 Å². The van der Waals surface area contributed by atoms with Crippen LogP contribution in [0.3, 0.4) is 0 Å². The summed E-state index contributed by atoms with van der Waals surface area (Å²) in [5.41, 5.74) is 4.58. The lowest BCUT2D eigenvalue weighted by Crippen LogP contribution is -2.36. The fourth-order valence-electron chi connectivity index (χ4n) is 7.43. The Bertz CT molecular complexity index is 1990. The highest BCUT2D eigenvalue weighted by molar-refractivity contribution is 7.61. The second-order valence-corrected chi connectivity index (χ2v) is 20.7. The maximum absolute atomic E-state index is 12.9. The third-order valence-electron chi connectivity index (χ3n) is 11.5. The SMILES string of the molecule is CCCCC/C=C\C/C=C\CCCCCCCC(=O)OC[C@H](COP(=O)(O)OP(=O)(O)OC[C@H]1O[C@@H](n2ccc(N)nc2=O)[C@H](O)[C@@H]1O)OC(=O)CCC/C=C\C/C=C\C/C=C\CC1OC1CCCCC. The van der Waals surface area contributed by atoms with Crippen LogP contribution in [-0.2, 0) is 51.0 Å². The smallest absolute Gasteiger partial charge is 0.462 e. The maximum Gasteiger partial charge on any atom is 0.481 e. The van der Waals surface area contributed by atoms with Crippen LogP contribution in [0.15, 0.2) is 77.8 Å². The van der Waals surface area contributed by atoms with Crippen molar-refractivity contribution in [2.45, 2.75) is 198 Å². The van der Waals surface area contributed by atoms with Crippen molar-refractivity contribution in [2.24, 2.45) is 0 Å². The Morgan fingerprint density at radius 3 is 1.96 bits per heavy atom. The number of aliphatic hydroxyl groups is 2. The van der Waals surface area contributed by atoms with E-state index in [1.165, 1.54) is 44.6 Å².